The van der Waals surface area contributed by atoms with Crippen molar-refractivity contribution >= 4 is 22.5 Å². The van der Waals surface area contributed by atoms with Crippen molar-refractivity contribution < 1.29 is 19.8 Å². The van der Waals surface area contributed by atoms with E-state index in [1.807, 2.05) is 44.3 Å². The highest BCUT2D eigenvalue weighted by atomic mass is 16.5. The zero-order chi connectivity index (χ0) is 24.5. The number of allylic oxidation sites excluding steroid dienone is 3. The van der Waals surface area contributed by atoms with Crippen molar-refractivity contribution in [3.63, 3.8) is 0 Å². The van der Waals surface area contributed by atoms with E-state index < -0.39 is 11.5 Å². The molecule has 1 heterocycles. The molecule has 0 bridgehead atoms. The van der Waals surface area contributed by atoms with Crippen molar-refractivity contribution in [1.29, 1.82) is 5.41 Å². The number of aliphatic hydroxyl groups is 1. The highest BCUT2D eigenvalue weighted by molar-refractivity contribution is 6.10. The number of likely N-dealkylation sites (N-methyl/N-ethyl adjacent to an activating group) is 1. The molecule has 0 atom stereocenters. The predicted molar refractivity (Wildman–Crippen MR) is 130 cm³/mol. The van der Waals surface area contributed by atoms with Gasteiger partial charge in [0.05, 0.1) is 28.1 Å². The Hall–Kier alpha value is -3.65. The molecule has 0 unspecified atom stereocenters. The first-order chi connectivity index (χ1) is 16.1. The van der Waals surface area contributed by atoms with Crippen LogP contribution in [0.4, 0.5) is 0 Å². The first-order valence-corrected chi connectivity index (χ1v) is 11.5. The fraction of sp³-hybridized carbons (Fsp3) is 0.346. The number of carbonyl (C=O) groups is 1. The van der Waals surface area contributed by atoms with Gasteiger partial charge < -0.3 is 26.0 Å². The molecule has 1 aromatic carbocycles. The van der Waals surface area contributed by atoms with Crippen LogP contribution in [0, 0.1) is 5.41 Å². The van der Waals surface area contributed by atoms with Crippen molar-refractivity contribution in [3.05, 3.63) is 77.4 Å². The molecule has 1 saturated carbocycles. The van der Waals surface area contributed by atoms with Gasteiger partial charge in [0.15, 0.2) is 0 Å². The van der Waals surface area contributed by atoms with Gasteiger partial charge in [-0.2, -0.15) is 0 Å². The number of nitrogens with zero attached hydrogens (tertiary/aromatic N) is 2. The molecule has 0 aliphatic heterocycles. The van der Waals surface area contributed by atoms with Gasteiger partial charge in [0, 0.05) is 48.8 Å². The number of nitrogens with one attached hydrogen (secondary N) is 3. The van der Waals surface area contributed by atoms with Gasteiger partial charge in [-0.05, 0) is 56.9 Å². The monoisotopic (exact) mass is 462 g/mol. The summed E-state index contributed by atoms with van der Waals surface area (Å²) < 4.78 is 0.894. The third-order valence-electron chi connectivity index (χ3n) is 6.48. The lowest BCUT2D eigenvalue weighted by atomic mass is 9.84. The molecular weight excluding hydrogens is 430 g/mol. The molecule has 0 radical (unpaired) electrons. The Morgan fingerprint density at radius 2 is 1.88 bits per heavy atom. The van der Waals surface area contributed by atoms with Crippen molar-refractivity contribution in [2.75, 3.05) is 14.1 Å². The molecular formula is C26H32N5O3+. The van der Waals surface area contributed by atoms with Crippen molar-refractivity contribution in [1.82, 2.24) is 15.5 Å². The van der Waals surface area contributed by atoms with Crippen LogP contribution in [0.25, 0.3) is 10.9 Å². The second-order valence-corrected chi connectivity index (χ2v) is 9.48. The van der Waals surface area contributed by atoms with E-state index in [0.717, 1.165) is 35.8 Å². The Balaban J connectivity index is 1.57. The summed E-state index contributed by atoms with van der Waals surface area (Å²) in [4.78, 5) is 14.9. The average Bonchev–Trinajstić information content (AvgIpc) is 2.80. The molecule has 34 heavy (non-hydrogen) atoms. The summed E-state index contributed by atoms with van der Waals surface area (Å²) in [6, 6.07) is 10.9. The molecule has 5 N–H and O–H groups in total. The molecule has 0 spiro atoms. The topological polar surface area (TPSA) is 113 Å². The molecule has 4 rings (SSSR count). The SMILES string of the molecule is CN(C)C1=CC(=N)/C(=C\N[C@H]2CC[C@](C)(O)CC2)C=C1NC(=O)c1ccc2ccccc2[n+]1O. The minimum Gasteiger partial charge on any atom is -0.390 e. The lowest BCUT2D eigenvalue weighted by Crippen LogP contribution is -2.43. The second kappa shape index (κ2) is 9.30. The van der Waals surface area contributed by atoms with Crippen LogP contribution in [0.15, 0.2) is 71.7 Å². The quantitative estimate of drug-likeness (QED) is 0.346. The van der Waals surface area contributed by atoms with Crippen LogP contribution < -0.4 is 15.4 Å². The van der Waals surface area contributed by atoms with E-state index in [4.69, 9.17) is 5.41 Å². The largest absolute Gasteiger partial charge is 0.390 e. The van der Waals surface area contributed by atoms with Crippen LogP contribution in [-0.4, -0.2) is 52.6 Å². The molecule has 2 aliphatic carbocycles. The normalized spacial score (nSPS) is 23.9. The Morgan fingerprint density at radius 1 is 1.18 bits per heavy atom. The van der Waals surface area contributed by atoms with Gasteiger partial charge in [-0.1, -0.05) is 12.1 Å². The second-order valence-electron chi connectivity index (χ2n) is 9.48. The van der Waals surface area contributed by atoms with Gasteiger partial charge in [-0.15, -0.1) is 0 Å². The maximum absolute atomic E-state index is 13.1. The van der Waals surface area contributed by atoms with Crippen LogP contribution in [0.1, 0.15) is 43.1 Å². The number of pyridine rings is 1. The van der Waals surface area contributed by atoms with Gasteiger partial charge in [0.1, 0.15) is 0 Å². The first kappa shape index (κ1) is 23.5. The summed E-state index contributed by atoms with van der Waals surface area (Å²) in [5, 5.41) is 36.3. The highest BCUT2D eigenvalue weighted by Crippen LogP contribution is 2.28. The van der Waals surface area contributed by atoms with E-state index >= 15 is 0 Å². The number of carbonyl (C=O) groups excluding carboxylic acids is 1. The summed E-state index contributed by atoms with van der Waals surface area (Å²) in [5.41, 5.74) is 2.25. The molecule has 8 nitrogen and oxygen atoms in total. The van der Waals surface area contributed by atoms with Crippen molar-refractivity contribution in [3.8, 4) is 0 Å². The summed E-state index contributed by atoms with van der Waals surface area (Å²) in [7, 11) is 3.70. The van der Waals surface area contributed by atoms with Crippen molar-refractivity contribution in [2.45, 2.75) is 44.2 Å². The third-order valence-corrected chi connectivity index (χ3v) is 6.48. The standard InChI is InChI=1S/C26H31N5O3/c1-26(33)12-10-19(11-13-26)28-16-18-14-21(24(30(2)3)15-20(18)27)29-25(32)23-9-8-17-6-4-5-7-22(17)31(23)34/h4-9,14-16,19,27,32-34H,10-13H2,1-3H3/p+1/t19-,26-. The Bertz CT molecular complexity index is 1220. The lowest BCUT2D eigenvalue weighted by Gasteiger charge is -2.33. The molecule has 1 fully saturated rings. The van der Waals surface area contributed by atoms with E-state index in [1.165, 1.54) is 0 Å². The van der Waals surface area contributed by atoms with E-state index in [2.05, 4.69) is 10.6 Å². The Labute approximate surface area is 199 Å². The lowest BCUT2D eigenvalue weighted by molar-refractivity contribution is -0.885. The van der Waals surface area contributed by atoms with Crippen LogP contribution in [0.5, 0.6) is 0 Å². The number of benzene rings is 1. The van der Waals surface area contributed by atoms with Crippen LogP contribution in [-0.2, 0) is 0 Å². The summed E-state index contributed by atoms with van der Waals surface area (Å²) in [5.74, 6) is -0.456. The first-order valence-electron chi connectivity index (χ1n) is 11.5. The predicted octanol–water partition coefficient (Wildman–Crippen LogP) is 2.62. The number of para-hydroxylation sites is 1. The summed E-state index contributed by atoms with van der Waals surface area (Å²) >= 11 is 0. The number of amides is 1. The van der Waals surface area contributed by atoms with E-state index in [0.29, 0.717) is 28.2 Å². The minimum absolute atomic E-state index is 0.108. The molecule has 1 amide bonds. The summed E-state index contributed by atoms with van der Waals surface area (Å²) in [6.07, 6.45) is 8.47. The fourth-order valence-electron chi connectivity index (χ4n) is 4.36. The van der Waals surface area contributed by atoms with Gasteiger partial charge in [0.2, 0.25) is 0 Å². The minimum atomic E-state index is -0.601. The zero-order valence-electron chi connectivity index (χ0n) is 19.8. The van der Waals surface area contributed by atoms with Crippen LogP contribution in [0.3, 0.4) is 0 Å². The van der Waals surface area contributed by atoms with Crippen LogP contribution >= 0.6 is 0 Å². The molecule has 178 valence electrons. The Morgan fingerprint density at radius 3 is 2.59 bits per heavy atom. The molecule has 2 aromatic rings. The van der Waals surface area contributed by atoms with Gasteiger partial charge in [-0.25, -0.2) is 0 Å². The van der Waals surface area contributed by atoms with E-state index in [-0.39, 0.29) is 11.7 Å². The van der Waals surface area contributed by atoms with Gasteiger partial charge in [0.25, 0.3) is 5.52 Å². The van der Waals surface area contributed by atoms with Gasteiger partial charge >= 0.3 is 11.6 Å². The van der Waals surface area contributed by atoms with Gasteiger partial charge in [-0.3, -0.25) is 10.0 Å². The highest BCUT2D eigenvalue weighted by Gasteiger charge is 2.29. The number of fused-ring (bicyclic) bond motifs is 1. The number of hydrogen-bond donors (Lipinski definition) is 5. The number of rotatable bonds is 5. The maximum Gasteiger partial charge on any atom is 0.325 e. The van der Waals surface area contributed by atoms with Crippen LogP contribution in [0.2, 0.25) is 0 Å². The van der Waals surface area contributed by atoms with Crippen molar-refractivity contribution in [2.24, 2.45) is 0 Å². The average molecular weight is 463 g/mol. The zero-order valence-corrected chi connectivity index (χ0v) is 19.8. The smallest absolute Gasteiger partial charge is 0.325 e. The third kappa shape index (κ3) is 4.97. The fourth-order valence-corrected chi connectivity index (χ4v) is 4.36. The maximum atomic E-state index is 13.1. The van der Waals surface area contributed by atoms with E-state index in [9.17, 15) is 15.1 Å². The van der Waals surface area contributed by atoms with E-state index in [1.54, 1.807) is 36.4 Å². The summed E-state index contributed by atoms with van der Waals surface area (Å²) in [6.45, 7) is 1.87. The number of aromatic nitrogens is 1. The molecule has 8 heteroatoms. The number of hydrogen-bond acceptors (Lipinski definition) is 6. The molecule has 2 aliphatic rings. The molecule has 1 aromatic heterocycles. The molecule has 0 saturated heterocycles. The Kier molecular flexibility index (Phi) is 6.43.